The number of amides is 1. The van der Waals surface area contributed by atoms with Gasteiger partial charge in [0.15, 0.2) is 5.60 Å². The highest BCUT2D eigenvalue weighted by Crippen LogP contribution is 2.44. The van der Waals surface area contributed by atoms with E-state index in [1.807, 2.05) is 38.8 Å². The van der Waals surface area contributed by atoms with Gasteiger partial charge < -0.3 is 19.7 Å². The first-order valence-corrected chi connectivity index (χ1v) is 10.1. The summed E-state index contributed by atoms with van der Waals surface area (Å²) in [4.78, 5) is 22.9. The number of hydrogen-bond donors (Lipinski definition) is 2. The molecule has 2 aliphatic heterocycles. The molecule has 0 spiro atoms. The lowest BCUT2D eigenvalue weighted by Gasteiger charge is -2.41. The van der Waals surface area contributed by atoms with Gasteiger partial charge >= 0.3 is 0 Å². The molecule has 6 nitrogen and oxygen atoms in total. The molecule has 2 aromatic rings. The molecule has 1 saturated heterocycles. The summed E-state index contributed by atoms with van der Waals surface area (Å²) in [7, 11) is 0. The fraction of sp³-hybridized carbons (Fsp3) is 0.545. The Morgan fingerprint density at radius 1 is 1.25 bits per heavy atom. The van der Waals surface area contributed by atoms with Crippen LogP contribution in [-0.4, -0.2) is 44.6 Å². The fourth-order valence-electron chi connectivity index (χ4n) is 4.59. The molecule has 6 heteroatoms. The normalized spacial score (nSPS) is 22.6. The van der Waals surface area contributed by atoms with Crippen molar-refractivity contribution in [2.24, 2.45) is 0 Å². The smallest absolute Gasteiger partial charge is 0.266 e. The minimum Gasteiger partial charge on any atom is -0.507 e. The van der Waals surface area contributed by atoms with E-state index in [-0.39, 0.29) is 5.91 Å². The number of rotatable bonds is 2. The molecule has 1 amide bonds. The number of phenolic OH excluding ortho intramolecular Hbond substituents is 1. The van der Waals surface area contributed by atoms with Gasteiger partial charge in [0, 0.05) is 43.4 Å². The summed E-state index contributed by atoms with van der Waals surface area (Å²) < 4.78 is 6.36. The van der Waals surface area contributed by atoms with Crippen LogP contribution in [0.1, 0.15) is 60.2 Å². The standard InChI is InChI=1S/C22H29N3O3/c1-13-14(2)19-17(15(3)18(13)26)5-8-22(4,28-19)21(27)25-11-6-16(7-12-25)20-23-9-10-24-20/h9-10,16,26H,5-8,11-12H2,1-4H3,(H,23,24)/t22-/m0/s1. The van der Waals surface area contributed by atoms with E-state index < -0.39 is 5.60 Å². The Morgan fingerprint density at radius 3 is 2.61 bits per heavy atom. The molecule has 3 heterocycles. The van der Waals surface area contributed by atoms with Crippen molar-refractivity contribution in [3.63, 3.8) is 0 Å². The predicted molar refractivity (Wildman–Crippen MR) is 107 cm³/mol. The molecule has 2 N–H and O–H groups in total. The van der Waals surface area contributed by atoms with E-state index in [4.69, 9.17) is 4.74 Å². The number of H-pyrrole nitrogens is 1. The highest BCUT2D eigenvalue weighted by molar-refractivity contribution is 5.86. The number of aromatic hydroxyl groups is 1. The number of fused-ring (bicyclic) bond motifs is 1. The first kappa shape index (κ1) is 18.8. The number of hydrogen-bond acceptors (Lipinski definition) is 4. The monoisotopic (exact) mass is 383 g/mol. The van der Waals surface area contributed by atoms with Crippen molar-refractivity contribution in [1.29, 1.82) is 0 Å². The van der Waals surface area contributed by atoms with Gasteiger partial charge in [-0.2, -0.15) is 0 Å². The highest BCUT2D eigenvalue weighted by atomic mass is 16.5. The van der Waals surface area contributed by atoms with Gasteiger partial charge in [0.2, 0.25) is 0 Å². The summed E-state index contributed by atoms with van der Waals surface area (Å²) in [6, 6.07) is 0. The molecule has 4 rings (SSSR count). The number of aromatic amines is 1. The lowest BCUT2D eigenvalue weighted by Crippen LogP contribution is -2.54. The Balaban J connectivity index is 1.52. The molecule has 1 fully saturated rings. The first-order chi connectivity index (χ1) is 13.3. The fourth-order valence-corrected chi connectivity index (χ4v) is 4.59. The lowest BCUT2D eigenvalue weighted by molar-refractivity contribution is -0.149. The molecule has 1 atom stereocenters. The number of ether oxygens (including phenoxy) is 1. The van der Waals surface area contributed by atoms with Crippen molar-refractivity contribution in [1.82, 2.24) is 14.9 Å². The van der Waals surface area contributed by atoms with Crippen LogP contribution in [0, 0.1) is 20.8 Å². The van der Waals surface area contributed by atoms with E-state index in [9.17, 15) is 9.90 Å². The van der Waals surface area contributed by atoms with E-state index in [1.54, 1.807) is 6.20 Å². The van der Waals surface area contributed by atoms with Crippen molar-refractivity contribution in [3.8, 4) is 11.5 Å². The van der Waals surface area contributed by atoms with Crippen LogP contribution in [0.4, 0.5) is 0 Å². The molecule has 2 aliphatic rings. The number of phenols is 1. The van der Waals surface area contributed by atoms with Gasteiger partial charge in [-0.1, -0.05) is 0 Å². The third-order valence-electron chi connectivity index (χ3n) is 6.66. The minimum absolute atomic E-state index is 0.0684. The molecular formula is C22H29N3O3. The number of imidazole rings is 1. The van der Waals surface area contributed by atoms with Crippen LogP contribution < -0.4 is 4.74 Å². The van der Waals surface area contributed by atoms with Crippen LogP contribution in [0.15, 0.2) is 12.4 Å². The van der Waals surface area contributed by atoms with E-state index in [0.717, 1.165) is 66.2 Å². The number of carbonyl (C=O) groups is 1. The molecule has 0 unspecified atom stereocenters. The molecule has 28 heavy (non-hydrogen) atoms. The molecule has 0 radical (unpaired) electrons. The lowest BCUT2D eigenvalue weighted by atomic mass is 9.85. The summed E-state index contributed by atoms with van der Waals surface area (Å²) >= 11 is 0. The van der Waals surface area contributed by atoms with Crippen LogP contribution in [0.5, 0.6) is 11.5 Å². The van der Waals surface area contributed by atoms with E-state index in [0.29, 0.717) is 18.1 Å². The molecule has 1 aromatic heterocycles. The average molecular weight is 383 g/mol. The Hall–Kier alpha value is -2.50. The number of carbonyl (C=O) groups excluding carboxylic acids is 1. The van der Waals surface area contributed by atoms with Crippen molar-refractivity contribution < 1.29 is 14.6 Å². The number of likely N-dealkylation sites (tertiary alicyclic amines) is 1. The number of benzene rings is 1. The maximum atomic E-state index is 13.4. The zero-order valence-electron chi connectivity index (χ0n) is 17.1. The molecule has 0 saturated carbocycles. The molecule has 0 bridgehead atoms. The third kappa shape index (κ3) is 2.95. The predicted octanol–water partition coefficient (Wildman–Crippen LogP) is 3.53. The summed E-state index contributed by atoms with van der Waals surface area (Å²) in [6.45, 7) is 9.14. The average Bonchev–Trinajstić information content (AvgIpc) is 3.25. The molecular weight excluding hydrogens is 354 g/mol. The van der Waals surface area contributed by atoms with Crippen molar-refractivity contribution in [2.45, 2.75) is 64.9 Å². The molecule has 0 aliphatic carbocycles. The topological polar surface area (TPSA) is 78.5 Å². The van der Waals surface area contributed by atoms with Gasteiger partial charge in [0.25, 0.3) is 5.91 Å². The van der Waals surface area contributed by atoms with Crippen molar-refractivity contribution in [2.75, 3.05) is 13.1 Å². The van der Waals surface area contributed by atoms with Gasteiger partial charge in [-0.3, -0.25) is 4.79 Å². The summed E-state index contributed by atoms with van der Waals surface area (Å²) in [5.74, 6) is 2.59. The van der Waals surface area contributed by atoms with Crippen LogP contribution in [0.25, 0.3) is 0 Å². The zero-order valence-corrected chi connectivity index (χ0v) is 17.1. The summed E-state index contributed by atoms with van der Waals surface area (Å²) in [6.07, 6.45) is 6.82. The second kappa shape index (κ2) is 6.83. The van der Waals surface area contributed by atoms with Crippen LogP contribution >= 0.6 is 0 Å². The quantitative estimate of drug-likeness (QED) is 0.832. The summed E-state index contributed by atoms with van der Waals surface area (Å²) in [5.41, 5.74) is 2.79. The highest BCUT2D eigenvalue weighted by Gasteiger charge is 2.44. The Morgan fingerprint density at radius 2 is 1.96 bits per heavy atom. The SMILES string of the molecule is Cc1c(C)c2c(c(C)c1O)CC[C@@](C)(C(=O)N1CCC(c3ncc[nH]3)CC1)O2. The van der Waals surface area contributed by atoms with Gasteiger partial charge in [0.05, 0.1) is 0 Å². The van der Waals surface area contributed by atoms with Gasteiger partial charge in [0.1, 0.15) is 17.3 Å². The van der Waals surface area contributed by atoms with Crippen LogP contribution in [-0.2, 0) is 11.2 Å². The van der Waals surface area contributed by atoms with Crippen LogP contribution in [0.3, 0.4) is 0 Å². The first-order valence-electron chi connectivity index (χ1n) is 10.1. The number of aromatic nitrogens is 2. The number of nitrogens with one attached hydrogen (secondary N) is 1. The largest absolute Gasteiger partial charge is 0.507 e. The molecule has 150 valence electrons. The Labute approximate surface area is 165 Å². The van der Waals surface area contributed by atoms with E-state index in [1.165, 1.54) is 0 Å². The molecule has 1 aromatic carbocycles. The Kier molecular flexibility index (Phi) is 4.60. The Bertz CT molecular complexity index is 898. The maximum Gasteiger partial charge on any atom is 0.266 e. The van der Waals surface area contributed by atoms with Gasteiger partial charge in [-0.05, 0) is 63.6 Å². The third-order valence-corrected chi connectivity index (χ3v) is 6.66. The zero-order chi connectivity index (χ0) is 20.1. The second-order valence-electron chi connectivity index (χ2n) is 8.41. The number of nitrogens with zero attached hydrogens (tertiary/aromatic N) is 2. The summed E-state index contributed by atoms with van der Waals surface area (Å²) in [5, 5.41) is 10.4. The van der Waals surface area contributed by atoms with Crippen molar-refractivity contribution >= 4 is 5.91 Å². The minimum atomic E-state index is -0.856. The van der Waals surface area contributed by atoms with Crippen molar-refractivity contribution in [3.05, 3.63) is 40.5 Å². The van der Waals surface area contributed by atoms with E-state index >= 15 is 0 Å². The number of piperidine rings is 1. The maximum absolute atomic E-state index is 13.4. The van der Waals surface area contributed by atoms with Crippen LogP contribution in [0.2, 0.25) is 0 Å². The van der Waals surface area contributed by atoms with Gasteiger partial charge in [-0.25, -0.2) is 4.98 Å². The second-order valence-corrected chi connectivity index (χ2v) is 8.41. The van der Waals surface area contributed by atoms with Gasteiger partial charge in [-0.15, -0.1) is 0 Å². The van der Waals surface area contributed by atoms with E-state index in [2.05, 4.69) is 9.97 Å².